The molecule has 0 unspecified atom stereocenters. The van der Waals surface area contributed by atoms with Gasteiger partial charge in [-0.15, -0.1) is 0 Å². The number of benzene rings is 3. The molecular formula is C23H20N2O. The minimum atomic E-state index is 0.122. The Hall–Kier alpha value is -3.20. The molecule has 3 heteroatoms. The Labute approximate surface area is 152 Å². The number of fused-ring (bicyclic) bond motifs is 1. The molecule has 26 heavy (non-hydrogen) atoms. The summed E-state index contributed by atoms with van der Waals surface area (Å²) in [6, 6.07) is 21.8. The van der Waals surface area contributed by atoms with E-state index in [1.165, 1.54) is 5.56 Å². The van der Waals surface area contributed by atoms with Crippen molar-refractivity contribution in [2.45, 2.75) is 20.3 Å². The van der Waals surface area contributed by atoms with Crippen molar-refractivity contribution in [2.24, 2.45) is 0 Å². The van der Waals surface area contributed by atoms with Crippen LogP contribution in [0.15, 0.2) is 66.7 Å². The molecule has 0 saturated carbocycles. The van der Waals surface area contributed by atoms with Gasteiger partial charge in [0.25, 0.3) is 0 Å². The fraction of sp³-hybridized carbons (Fsp3) is 0.130. The summed E-state index contributed by atoms with van der Waals surface area (Å²) in [7, 11) is 0. The molecule has 0 bridgehead atoms. The van der Waals surface area contributed by atoms with Crippen molar-refractivity contribution in [3.8, 4) is 11.4 Å². The normalized spacial score (nSPS) is 11.0. The van der Waals surface area contributed by atoms with Gasteiger partial charge in [0.2, 0.25) is 0 Å². The van der Waals surface area contributed by atoms with Gasteiger partial charge in [0.1, 0.15) is 5.82 Å². The molecule has 0 aliphatic heterocycles. The van der Waals surface area contributed by atoms with Gasteiger partial charge in [0.05, 0.1) is 11.0 Å². The monoisotopic (exact) mass is 340 g/mol. The second-order valence-electron chi connectivity index (χ2n) is 6.66. The van der Waals surface area contributed by atoms with Crippen molar-refractivity contribution >= 4 is 16.8 Å². The largest absolute Gasteiger partial charge is 0.338 e. The third-order valence-corrected chi connectivity index (χ3v) is 4.84. The number of nitrogens with zero attached hydrogens (tertiary/aromatic N) is 1. The Bertz CT molecular complexity index is 1080. The number of Topliss-reactive ketones (excluding diaryl/α,β-unsaturated/α-hetero) is 1. The lowest BCUT2D eigenvalue weighted by Crippen LogP contribution is -2.05. The van der Waals surface area contributed by atoms with E-state index in [0.29, 0.717) is 6.42 Å². The lowest BCUT2D eigenvalue weighted by atomic mass is 9.96. The molecule has 0 aliphatic carbocycles. The fourth-order valence-corrected chi connectivity index (χ4v) is 3.18. The predicted molar refractivity (Wildman–Crippen MR) is 105 cm³/mol. The molecule has 0 saturated heterocycles. The quantitative estimate of drug-likeness (QED) is 0.514. The van der Waals surface area contributed by atoms with Crippen LogP contribution in [0, 0.1) is 13.8 Å². The Balaban J connectivity index is 1.69. The number of rotatable bonds is 4. The number of carbonyl (C=O) groups excluding carboxylic acids is 1. The second kappa shape index (κ2) is 6.60. The maximum atomic E-state index is 12.8. The number of hydrogen-bond donors (Lipinski definition) is 1. The molecule has 4 aromatic rings. The van der Waals surface area contributed by atoms with Gasteiger partial charge >= 0.3 is 0 Å². The van der Waals surface area contributed by atoms with E-state index in [0.717, 1.165) is 39.1 Å². The molecular weight excluding hydrogens is 320 g/mol. The number of carbonyl (C=O) groups is 1. The third-order valence-electron chi connectivity index (χ3n) is 4.84. The number of hydrogen-bond acceptors (Lipinski definition) is 2. The molecule has 0 fully saturated rings. The Morgan fingerprint density at radius 3 is 2.50 bits per heavy atom. The van der Waals surface area contributed by atoms with Gasteiger partial charge in [-0.25, -0.2) is 4.98 Å². The van der Waals surface area contributed by atoms with Crippen LogP contribution < -0.4 is 0 Å². The van der Waals surface area contributed by atoms with Crippen molar-refractivity contribution in [2.75, 3.05) is 0 Å². The van der Waals surface area contributed by atoms with E-state index in [1.807, 2.05) is 73.7 Å². The van der Waals surface area contributed by atoms with Crippen molar-refractivity contribution in [3.05, 3.63) is 89.0 Å². The van der Waals surface area contributed by atoms with Crippen LogP contribution in [0.4, 0.5) is 0 Å². The lowest BCUT2D eigenvalue weighted by Gasteiger charge is -2.08. The Morgan fingerprint density at radius 2 is 1.69 bits per heavy atom. The maximum Gasteiger partial charge on any atom is 0.167 e. The second-order valence-corrected chi connectivity index (χ2v) is 6.66. The molecule has 0 atom stereocenters. The van der Waals surface area contributed by atoms with Gasteiger partial charge in [-0.3, -0.25) is 4.79 Å². The van der Waals surface area contributed by atoms with E-state index in [-0.39, 0.29) is 5.78 Å². The summed E-state index contributed by atoms with van der Waals surface area (Å²) in [4.78, 5) is 20.8. The Kier molecular flexibility index (Phi) is 4.13. The van der Waals surface area contributed by atoms with Crippen LogP contribution in [0.25, 0.3) is 22.4 Å². The molecule has 0 spiro atoms. The summed E-state index contributed by atoms with van der Waals surface area (Å²) in [6.45, 7) is 4.09. The number of imidazole rings is 1. The van der Waals surface area contributed by atoms with E-state index < -0.39 is 0 Å². The smallest absolute Gasteiger partial charge is 0.167 e. The molecule has 3 nitrogen and oxygen atoms in total. The van der Waals surface area contributed by atoms with Crippen molar-refractivity contribution < 1.29 is 4.79 Å². The molecule has 3 aromatic carbocycles. The molecule has 0 amide bonds. The summed E-state index contributed by atoms with van der Waals surface area (Å²) in [5, 5.41) is 0. The number of aromatic nitrogens is 2. The van der Waals surface area contributed by atoms with Gasteiger partial charge in [-0.2, -0.15) is 0 Å². The van der Waals surface area contributed by atoms with Crippen LogP contribution >= 0.6 is 0 Å². The molecule has 4 rings (SSSR count). The minimum Gasteiger partial charge on any atom is -0.338 e. The molecule has 1 heterocycles. The molecule has 1 N–H and O–H groups in total. The van der Waals surface area contributed by atoms with Crippen LogP contribution in [0.1, 0.15) is 27.0 Å². The van der Waals surface area contributed by atoms with E-state index in [1.54, 1.807) is 0 Å². The lowest BCUT2D eigenvalue weighted by molar-refractivity contribution is 0.0993. The average Bonchev–Trinajstić information content (AvgIpc) is 3.08. The first-order valence-corrected chi connectivity index (χ1v) is 8.75. The molecule has 0 radical (unpaired) electrons. The zero-order chi connectivity index (χ0) is 18.1. The standard InChI is InChI=1S/C23H20N2O/c1-15-11-12-18(13-16(15)2)22(26)14-17-7-3-4-8-19(17)23-24-20-9-5-6-10-21(20)25-23/h3-13H,14H2,1-2H3,(H,24,25). The number of para-hydroxylation sites is 2. The maximum absolute atomic E-state index is 12.8. The zero-order valence-electron chi connectivity index (χ0n) is 14.9. The first kappa shape index (κ1) is 16.3. The number of aryl methyl sites for hydroxylation is 2. The van der Waals surface area contributed by atoms with E-state index >= 15 is 0 Å². The van der Waals surface area contributed by atoms with E-state index in [9.17, 15) is 4.79 Å². The van der Waals surface area contributed by atoms with Crippen LogP contribution in [-0.2, 0) is 6.42 Å². The Morgan fingerprint density at radius 1 is 0.923 bits per heavy atom. The zero-order valence-corrected chi connectivity index (χ0v) is 14.9. The van der Waals surface area contributed by atoms with Crippen molar-refractivity contribution in [3.63, 3.8) is 0 Å². The SMILES string of the molecule is Cc1ccc(C(=O)Cc2ccccc2-c2nc3ccccc3[nH]2)cc1C. The highest BCUT2D eigenvalue weighted by atomic mass is 16.1. The van der Waals surface area contributed by atoms with Crippen LogP contribution in [-0.4, -0.2) is 15.8 Å². The van der Waals surface area contributed by atoms with Crippen molar-refractivity contribution in [1.82, 2.24) is 9.97 Å². The average molecular weight is 340 g/mol. The van der Waals surface area contributed by atoms with Crippen LogP contribution in [0.5, 0.6) is 0 Å². The fourth-order valence-electron chi connectivity index (χ4n) is 3.18. The molecule has 0 aliphatic rings. The van der Waals surface area contributed by atoms with Gasteiger partial charge in [-0.05, 0) is 48.7 Å². The first-order valence-electron chi connectivity index (χ1n) is 8.75. The molecule has 128 valence electrons. The van der Waals surface area contributed by atoms with Crippen molar-refractivity contribution in [1.29, 1.82) is 0 Å². The third kappa shape index (κ3) is 3.04. The first-order chi connectivity index (χ1) is 12.6. The number of ketones is 1. The van der Waals surface area contributed by atoms with Gasteiger partial charge < -0.3 is 4.98 Å². The van der Waals surface area contributed by atoms with E-state index in [2.05, 4.69) is 16.9 Å². The van der Waals surface area contributed by atoms with Gasteiger partial charge in [0.15, 0.2) is 5.78 Å². The predicted octanol–water partition coefficient (Wildman–Crippen LogP) is 5.27. The summed E-state index contributed by atoms with van der Waals surface area (Å²) in [5.74, 6) is 0.923. The van der Waals surface area contributed by atoms with E-state index in [4.69, 9.17) is 0 Å². The summed E-state index contributed by atoms with van der Waals surface area (Å²) >= 11 is 0. The highest BCUT2D eigenvalue weighted by molar-refractivity contribution is 5.98. The van der Waals surface area contributed by atoms with Crippen LogP contribution in [0.3, 0.4) is 0 Å². The van der Waals surface area contributed by atoms with Crippen LogP contribution in [0.2, 0.25) is 0 Å². The highest BCUT2D eigenvalue weighted by Crippen LogP contribution is 2.25. The topological polar surface area (TPSA) is 45.8 Å². The summed E-state index contributed by atoms with van der Waals surface area (Å²) in [6.07, 6.45) is 0.357. The summed E-state index contributed by atoms with van der Waals surface area (Å²) < 4.78 is 0. The number of aromatic amines is 1. The summed E-state index contributed by atoms with van der Waals surface area (Å²) in [5.41, 5.74) is 6.98. The van der Waals surface area contributed by atoms with Gasteiger partial charge in [-0.1, -0.05) is 48.5 Å². The molecule has 1 aromatic heterocycles. The highest BCUT2D eigenvalue weighted by Gasteiger charge is 2.14. The van der Waals surface area contributed by atoms with Gasteiger partial charge in [0, 0.05) is 17.5 Å². The number of H-pyrrole nitrogens is 1. The number of nitrogens with one attached hydrogen (secondary N) is 1. The minimum absolute atomic E-state index is 0.122.